The van der Waals surface area contributed by atoms with Crippen LogP contribution in [0.2, 0.25) is 0 Å². The Morgan fingerprint density at radius 3 is 2.45 bits per heavy atom. The Morgan fingerprint density at radius 2 is 1.71 bits per heavy atom. The van der Waals surface area contributed by atoms with E-state index >= 15 is 0 Å². The van der Waals surface area contributed by atoms with E-state index in [4.69, 9.17) is 4.74 Å². The average Bonchev–Trinajstić information content (AvgIpc) is 3.48. The second kappa shape index (κ2) is 8.31. The number of amides is 1. The molecule has 1 spiro atoms. The first-order valence-electron chi connectivity index (χ1n) is 12.2. The third-order valence-corrected chi connectivity index (χ3v) is 7.18. The number of rotatable bonds is 4. The van der Waals surface area contributed by atoms with Crippen molar-refractivity contribution >= 4 is 23.3 Å². The largest absolute Gasteiger partial charge is 0.507 e. The molecule has 0 saturated heterocycles. The Hall–Kier alpha value is -4.92. The molecule has 1 amide bonds. The first-order chi connectivity index (χ1) is 18.3. The molecule has 38 heavy (non-hydrogen) atoms. The number of esters is 1. The van der Waals surface area contributed by atoms with E-state index < -0.39 is 17.1 Å². The summed E-state index contributed by atoms with van der Waals surface area (Å²) in [5, 5.41) is 16.8. The van der Waals surface area contributed by atoms with Crippen molar-refractivity contribution in [2.75, 3.05) is 11.6 Å². The van der Waals surface area contributed by atoms with E-state index in [1.54, 1.807) is 49.7 Å². The van der Waals surface area contributed by atoms with Crippen LogP contribution in [0.1, 0.15) is 35.5 Å². The summed E-state index contributed by atoms with van der Waals surface area (Å²) in [6.07, 6.45) is 0. The molecule has 2 aliphatic rings. The minimum absolute atomic E-state index is 0.167. The van der Waals surface area contributed by atoms with Gasteiger partial charge in [-0.25, -0.2) is 9.48 Å². The lowest BCUT2D eigenvalue weighted by Crippen LogP contribution is -2.48. The predicted molar refractivity (Wildman–Crippen MR) is 142 cm³/mol. The number of hydrazone groups is 1. The number of hydrogen-bond donors (Lipinski definition) is 1. The van der Waals surface area contributed by atoms with Crippen molar-refractivity contribution < 1.29 is 19.4 Å². The zero-order valence-corrected chi connectivity index (χ0v) is 21.0. The number of ether oxygens (including phenoxy) is 1. The zero-order chi connectivity index (χ0) is 26.8. The maximum Gasteiger partial charge on any atom is 0.338 e. The zero-order valence-electron chi connectivity index (χ0n) is 21.0. The second-order valence-corrected chi connectivity index (χ2v) is 9.21. The molecule has 0 saturated carbocycles. The fourth-order valence-electron chi connectivity index (χ4n) is 5.57. The standard InChI is InChI=1S/C29H24N4O5/c1-4-38-27(36)19-14-15-24(34)21(16-19)25-17(2)33-29(22-12-8-9-13-23(22)32(33)26(25)35)18(3)30-31(28(29)37)20-10-6-5-7-11-20/h5-16,34H,4H2,1-3H3. The normalized spacial score (nSPS) is 17.5. The van der Waals surface area contributed by atoms with Crippen LogP contribution in [-0.2, 0) is 15.1 Å². The fourth-order valence-corrected chi connectivity index (χ4v) is 5.57. The van der Waals surface area contributed by atoms with Crippen molar-refractivity contribution in [1.29, 1.82) is 0 Å². The molecule has 2 aliphatic heterocycles. The Balaban J connectivity index is 1.63. The molecular formula is C29H24N4O5. The van der Waals surface area contributed by atoms with E-state index in [9.17, 15) is 19.5 Å². The van der Waals surface area contributed by atoms with Gasteiger partial charge >= 0.3 is 5.97 Å². The molecule has 1 atom stereocenters. The van der Waals surface area contributed by atoms with Gasteiger partial charge in [-0.1, -0.05) is 36.4 Å². The van der Waals surface area contributed by atoms with Crippen LogP contribution in [0.25, 0.3) is 16.8 Å². The molecule has 9 heteroatoms. The molecule has 0 fully saturated rings. The molecule has 0 bridgehead atoms. The van der Waals surface area contributed by atoms with E-state index in [0.717, 1.165) is 0 Å². The predicted octanol–water partition coefficient (Wildman–Crippen LogP) is 3.98. The monoisotopic (exact) mass is 508 g/mol. The Labute approximate surface area is 217 Å². The highest BCUT2D eigenvalue weighted by Crippen LogP contribution is 2.46. The molecule has 6 rings (SSSR count). The molecule has 3 aromatic carbocycles. The molecule has 0 aliphatic carbocycles. The summed E-state index contributed by atoms with van der Waals surface area (Å²) in [6, 6.07) is 20.6. The SMILES string of the molecule is CCOC(=O)c1ccc(O)c(-c2c(C)n3n(c2=O)-c2ccccc2C32C(=O)N(c3ccccc3)N=C2C)c1. The molecule has 1 aromatic heterocycles. The highest BCUT2D eigenvalue weighted by atomic mass is 16.5. The average molecular weight is 509 g/mol. The van der Waals surface area contributed by atoms with Gasteiger partial charge in [-0.15, -0.1) is 0 Å². The number of anilines is 1. The quantitative estimate of drug-likeness (QED) is 0.420. The molecule has 190 valence electrons. The minimum Gasteiger partial charge on any atom is -0.507 e. The van der Waals surface area contributed by atoms with Gasteiger partial charge in [0.15, 0.2) is 0 Å². The molecule has 4 aromatic rings. The van der Waals surface area contributed by atoms with Crippen LogP contribution in [0.5, 0.6) is 5.75 Å². The summed E-state index contributed by atoms with van der Waals surface area (Å²) in [6.45, 7) is 5.39. The van der Waals surface area contributed by atoms with Gasteiger partial charge < -0.3 is 9.84 Å². The fraction of sp³-hybridized carbons (Fsp3) is 0.172. The summed E-state index contributed by atoms with van der Waals surface area (Å²) in [7, 11) is 0. The van der Waals surface area contributed by atoms with Gasteiger partial charge in [0.1, 0.15) is 5.75 Å². The first kappa shape index (κ1) is 23.5. The van der Waals surface area contributed by atoms with Crippen LogP contribution in [0.4, 0.5) is 5.69 Å². The molecular weight excluding hydrogens is 484 g/mol. The van der Waals surface area contributed by atoms with E-state index in [-0.39, 0.29) is 35.0 Å². The summed E-state index contributed by atoms with van der Waals surface area (Å²) in [5.41, 5.74) is 1.48. The number of aromatic nitrogens is 2. The van der Waals surface area contributed by atoms with Crippen molar-refractivity contribution in [3.8, 4) is 22.6 Å². The van der Waals surface area contributed by atoms with Crippen LogP contribution in [0.15, 0.2) is 82.7 Å². The maximum atomic E-state index is 14.3. The van der Waals surface area contributed by atoms with Crippen molar-refractivity contribution in [2.24, 2.45) is 5.10 Å². The number of aromatic hydroxyl groups is 1. The van der Waals surface area contributed by atoms with Crippen LogP contribution < -0.4 is 10.6 Å². The Kier molecular flexibility index (Phi) is 5.13. The number of fused-ring (bicyclic) bond motifs is 5. The molecule has 1 N–H and O–H groups in total. The minimum atomic E-state index is -1.40. The van der Waals surface area contributed by atoms with Gasteiger partial charge in [-0.3, -0.25) is 14.3 Å². The van der Waals surface area contributed by atoms with Crippen LogP contribution in [0.3, 0.4) is 0 Å². The summed E-state index contributed by atoms with van der Waals surface area (Å²) < 4.78 is 8.23. The van der Waals surface area contributed by atoms with Gasteiger partial charge in [-0.05, 0) is 57.2 Å². The van der Waals surface area contributed by atoms with E-state index in [0.29, 0.717) is 28.3 Å². The number of benzene rings is 3. The number of phenols is 1. The second-order valence-electron chi connectivity index (χ2n) is 9.21. The first-order valence-corrected chi connectivity index (χ1v) is 12.2. The number of nitrogens with zero attached hydrogens (tertiary/aromatic N) is 4. The van der Waals surface area contributed by atoms with Gasteiger partial charge in [0, 0.05) is 16.8 Å². The lowest BCUT2D eigenvalue weighted by atomic mass is 9.85. The lowest BCUT2D eigenvalue weighted by molar-refractivity contribution is -0.122. The van der Waals surface area contributed by atoms with Crippen molar-refractivity contribution in [2.45, 2.75) is 26.3 Å². The van der Waals surface area contributed by atoms with Gasteiger partial charge in [0.25, 0.3) is 11.5 Å². The van der Waals surface area contributed by atoms with Crippen molar-refractivity contribution in [1.82, 2.24) is 9.36 Å². The molecule has 0 radical (unpaired) electrons. The van der Waals surface area contributed by atoms with E-state index in [1.807, 2.05) is 30.3 Å². The van der Waals surface area contributed by atoms with Crippen molar-refractivity contribution in [3.05, 3.63) is 100.0 Å². The lowest BCUT2D eigenvalue weighted by Gasteiger charge is -2.27. The smallest absolute Gasteiger partial charge is 0.338 e. The Bertz CT molecular complexity index is 1730. The number of carbonyl (C=O) groups excluding carboxylic acids is 2. The number of hydrogen-bond acceptors (Lipinski definition) is 6. The van der Waals surface area contributed by atoms with E-state index in [2.05, 4.69) is 5.10 Å². The molecule has 1 unspecified atom stereocenters. The van der Waals surface area contributed by atoms with Gasteiger partial charge in [0.2, 0.25) is 5.54 Å². The van der Waals surface area contributed by atoms with Crippen LogP contribution in [-0.4, -0.2) is 38.7 Å². The third-order valence-electron chi connectivity index (χ3n) is 7.18. The summed E-state index contributed by atoms with van der Waals surface area (Å²) in [5.74, 6) is -1.05. The van der Waals surface area contributed by atoms with Gasteiger partial charge in [-0.2, -0.15) is 10.1 Å². The van der Waals surface area contributed by atoms with E-state index in [1.165, 1.54) is 27.9 Å². The maximum absolute atomic E-state index is 14.3. The molecule has 9 nitrogen and oxygen atoms in total. The van der Waals surface area contributed by atoms with Crippen LogP contribution >= 0.6 is 0 Å². The number of phenolic OH excluding ortho intramolecular Hbond substituents is 1. The highest BCUT2D eigenvalue weighted by Gasteiger charge is 2.59. The van der Waals surface area contributed by atoms with Crippen LogP contribution in [0, 0.1) is 6.92 Å². The molecule has 3 heterocycles. The Morgan fingerprint density at radius 1 is 1.00 bits per heavy atom. The highest BCUT2D eigenvalue weighted by molar-refractivity contribution is 6.23. The topological polar surface area (TPSA) is 106 Å². The number of carbonyl (C=O) groups is 2. The summed E-state index contributed by atoms with van der Waals surface area (Å²) in [4.78, 5) is 40.8. The van der Waals surface area contributed by atoms with Crippen molar-refractivity contribution in [3.63, 3.8) is 0 Å². The summed E-state index contributed by atoms with van der Waals surface area (Å²) >= 11 is 0. The van der Waals surface area contributed by atoms with Gasteiger partial charge in [0.05, 0.1) is 34.8 Å². The number of para-hydroxylation sites is 2. The third kappa shape index (κ3) is 2.92.